The normalized spacial score (nSPS) is 20.6. The third kappa shape index (κ3) is 3.23. The molecule has 27 heavy (non-hydrogen) atoms. The minimum absolute atomic E-state index is 0.0131. The summed E-state index contributed by atoms with van der Waals surface area (Å²) in [6.45, 7) is 0.219. The number of hydrogen-bond donors (Lipinski definition) is 1. The zero-order valence-electron chi connectivity index (χ0n) is 14.8. The summed E-state index contributed by atoms with van der Waals surface area (Å²) in [5.41, 5.74) is 4.62. The Morgan fingerprint density at radius 2 is 1.63 bits per heavy atom. The Balaban J connectivity index is 1.44. The zero-order chi connectivity index (χ0) is 18.8. The molecule has 138 valence electrons. The molecule has 0 aliphatic heterocycles. The van der Waals surface area contributed by atoms with E-state index in [2.05, 4.69) is 34.8 Å². The third-order valence-corrected chi connectivity index (χ3v) is 5.57. The van der Waals surface area contributed by atoms with E-state index in [1.807, 2.05) is 24.3 Å². The first-order valence-electron chi connectivity index (χ1n) is 9.17. The van der Waals surface area contributed by atoms with Crippen LogP contribution in [-0.4, -0.2) is 24.6 Å². The Bertz CT molecular complexity index is 850. The van der Waals surface area contributed by atoms with Crippen LogP contribution in [0, 0.1) is 10.8 Å². The van der Waals surface area contributed by atoms with Gasteiger partial charge in [0, 0.05) is 17.1 Å². The zero-order valence-corrected chi connectivity index (χ0v) is 14.8. The van der Waals surface area contributed by atoms with Crippen LogP contribution in [0.15, 0.2) is 53.7 Å². The molecule has 2 aliphatic carbocycles. The number of carbonyl (C=O) groups excluding carboxylic acids is 2. The Morgan fingerprint density at radius 1 is 1.00 bits per heavy atom. The molecule has 0 bridgehead atoms. The molecule has 2 aromatic rings. The van der Waals surface area contributed by atoms with Crippen LogP contribution in [-0.2, 0) is 9.53 Å². The van der Waals surface area contributed by atoms with Crippen LogP contribution in [0.4, 0.5) is 4.79 Å². The Labute approximate surface area is 156 Å². The fourth-order valence-corrected chi connectivity index (χ4v) is 4.29. The molecule has 1 fully saturated rings. The highest BCUT2D eigenvalue weighted by Gasteiger charge is 2.35. The average Bonchev–Trinajstić information content (AvgIpc) is 3.28. The van der Waals surface area contributed by atoms with E-state index in [0.29, 0.717) is 12.8 Å². The van der Waals surface area contributed by atoms with Crippen molar-refractivity contribution in [1.29, 1.82) is 0 Å². The van der Waals surface area contributed by atoms with Crippen molar-refractivity contribution in [2.45, 2.75) is 31.2 Å². The van der Waals surface area contributed by atoms with Crippen molar-refractivity contribution in [1.82, 2.24) is 5.32 Å². The van der Waals surface area contributed by atoms with Gasteiger partial charge in [-0.15, -0.1) is 4.91 Å². The molecule has 2 amide bonds. The molecule has 4 rings (SSSR count). The summed E-state index contributed by atoms with van der Waals surface area (Å²) >= 11 is 0. The van der Waals surface area contributed by atoms with E-state index in [1.54, 1.807) is 0 Å². The monoisotopic (exact) mass is 364 g/mol. The van der Waals surface area contributed by atoms with Gasteiger partial charge in [0.05, 0.1) is 5.92 Å². The lowest BCUT2D eigenvalue weighted by molar-refractivity contribution is -0.122. The van der Waals surface area contributed by atoms with Gasteiger partial charge in [-0.2, -0.15) is 0 Å². The highest BCUT2D eigenvalue weighted by atomic mass is 16.5. The van der Waals surface area contributed by atoms with Crippen molar-refractivity contribution in [3.63, 3.8) is 0 Å². The first-order valence-corrected chi connectivity index (χ1v) is 9.17. The molecule has 2 aromatic carbocycles. The fraction of sp³-hybridized carbons (Fsp3) is 0.333. The number of carbonyl (C=O) groups is 2. The molecule has 6 heteroatoms. The van der Waals surface area contributed by atoms with Crippen molar-refractivity contribution < 1.29 is 14.3 Å². The highest BCUT2D eigenvalue weighted by molar-refractivity contribution is 5.81. The predicted octanol–water partition coefficient (Wildman–Crippen LogP) is 3.99. The lowest BCUT2D eigenvalue weighted by Crippen LogP contribution is -2.40. The van der Waals surface area contributed by atoms with E-state index in [0.717, 1.165) is 17.5 Å². The number of nitrogens with zero attached hydrogens (tertiary/aromatic N) is 1. The topological polar surface area (TPSA) is 84.8 Å². The van der Waals surface area contributed by atoms with E-state index in [1.165, 1.54) is 11.1 Å². The molecule has 0 unspecified atom stereocenters. The number of rotatable bonds is 4. The van der Waals surface area contributed by atoms with Crippen molar-refractivity contribution in [3.05, 3.63) is 64.6 Å². The number of alkyl carbamates (subject to hydrolysis) is 1. The first-order chi connectivity index (χ1) is 13.2. The number of nitroso groups, excluding NO2 is 1. The Hall–Kier alpha value is -3.02. The molecular formula is C21H20N2O4. The average molecular weight is 364 g/mol. The number of hydrogen-bond acceptors (Lipinski definition) is 4. The summed E-state index contributed by atoms with van der Waals surface area (Å²) < 4.78 is 5.49. The van der Waals surface area contributed by atoms with E-state index in [9.17, 15) is 14.5 Å². The second kappa shape index (κ2) is 7.31. The third-order valence-electron chi connectivity index (χ3n) is 5.57. The quantitative estimate of drug-likeness (QED) is 0.832. The Morgan fingerprint density at radius 3 is 2.26 bits per heavy atom. The molecule has 1 N–H and O–H groups in total. The maximum atomic E-state index is 12.3. The second-order valence-electron chi connectivity index (χ2n) is 7.04. The van der Waals surface area contributed by atoms with Crippen molar-refractivity contribution >= 4 is 12.0 Å². The van der Waals surface area contributed by atoms with E-state index >= 15 is 0 Å². The maximum absolute atomic E-state index is 12.3. The summed E-state index contributed by atoms with van der Waals surface area (Å²) in [5.74, 6) is -1.25. The highest BCUT2D eigenvalue weighted by Crippen LogP contribution is 2.44. The van der Waals surface area contributed by atoms with Gasteiger partial charge in [0.2, 0.25) is 0 Å². The van der Waals surface area contributed by atoms with Gasteiger partial charge in [-0.1, -0.05) is 55.0 Å². The van der Waals surface area contributed by atoms with Crippen molar-refractivity contribution in [2.75, 3.05) is 6.61 Å². The molecule has 2 aliphatic rings. The molecule has 0 spiro atoms. The maximum Gasteiger partial charge on any atom is 0.407 e. The van der Waals surface area contributed by atoms with Gasteiger partial charge in [-0.05, 0) is 35.1 Å². The van der Waals surface area contributed by atoms with E-state index in [4.69, 9.17) is 4.74 Å². The van der Waals surface area contributed by atoms with Gasteiger partial charge in [0.25, 0.3) is 5.91 Å². The van der Waals surface area contributed by atoms with Crippen LogP contribution in [0.2, 0.25) is 0 Å². The molecular weight excluding hydrogens is 344 g/mol. The standard InChI is InChI=1S/C21H20N2O4/c24-20(23-26)17-10-5-11-19(17)22-21(25)27-12-18-15-8-3-1-6-13(15)14-7-2-4-9-16(14)18/h1-4,6-9,17-19H,5,10-12H2,(H,22,25)/t17-,19+/m1/s1. The van der Waals surface area contributed by atoms with Crippen LogP contribution in [0.25, 0.3) is 11.1 Å². The van der Waals surface area contributed by atoms with Crippen LogP contribution >= 0.6 is 0 Å². The van der Waals surface area contributed by atoms with Gasteiger partial charge >= 0.3 is 6.09 Å². The van der Waals surface area contributed by atoms with Crippen LogP contribution in [0.5, 0.6) is 0 Å². The first kappa shape index (κ1) is 17.4. The van der Waals surface area contributed by atoms with Gasteiger partial charge in [-0.25, -0.2) is 4.79 Å². The minimum Gasteiger partial charge on any atom is -0.449 e. The molecule has 0 aromatic heterocycles. The molecule has 1 saturated carbocycles. The van der Waals surface area contributed by atoms with E-state index < -0.39 is 17.9 Å². The van der Waals surface area contributed by atoms with Crippen LogP contribution in [0.1, 0.15) is 36.3 Å². The lowest BCUT2D eigenvalue weighted by Gasteiger charge is -2.19. The fourth-order valence-electron chi connectivity index (χ4n) is 4.29. The number of nitrogens with one attached hydrogen (secondary N) is 1. The lowest BCUT2D eigenvalue weighted by atomic mass is 9.98. The number of fused-ring (bicyclic) bond motifs is 3. The largest absolute Gasteiger partial charge is 0.449 e. The summed E-state index contributed by atoms with van der Waals surface area (Å²) in [7, 11) is 0. The summed E-state index contributed by atoms with van der Waals surface area (Å²) in [4.78, 5) is 34.4. The molecule has 0 radical (unpaired) electrons. The number of benzene rings is 2. The molecule has 0 saturated heterocycles. The minimum atomic E-state index is -0.698. The number of ether oxygens (including phenoxy) is 1. The number of amides is 2. The second-order valence-corrected chi connectivity index (χ2v) is 7.04. The molecule has 6 nitrogen and oxygen atoms in total. The van der Waals surface area contributed by atoms with Gasteiger partial charge in [0.15, 0.2) is 0 Å². The van der Waals surface area contributed by atoms with Crippen LogP contribution < -0.4 is 5.32 Å². The molecule has 2 atom stereocenters. The smallest absolute Gasteiger partial charge is 0.407 e. The summed E-state index contributed by atoms with van der Waals surface area (Å²) in [5, 5.41) is 5.24. The summed E-state index contributed by atoms with van der Waals surface area (Å²) in [6.07, 6.45) is 1.43. The van der Waals surface area contributed by atoms with Gasteiger partial charge in [-0.3, -0.25) is 4.79 Å². The van der Waals surface area contributed by atoms with E-state index in [-0.39, 0.29) is 18.6 Å². The molecule has 0 heterocycles. The van der Waals surface area contributed by atoms with Gasteiger partial charge in [0.1, 0.15) is 6.61 Å². The van der Waals surface area contributed by atoms with Crippen molar-refractivity contribution in [2.24, 2.45) is 11.1 Å². The predicted molar refractivity (Wildman–Crippen MR) is 100 cm³/mol. The Kier molecular flexibility index (Phi) is 4.71. The summed E-state index contributed by atoms with van der Waals surface area (Å²) in [6, 6.07) is 15.9. The van der Waals surface area contributed by atoms with Gasteiger partial charge < -0.3 is 10.1 Å². The van der Waals surface area contributed by atoms with Crippen molar-refractivity contribution in [3.8, 4) is 11.1 Å². The SMILES string of the molecule is O=NC(=O)[C@@H]1CCC[C@@H]1NC(=O)OCC1c2ccccc2-c2ccccc21. The van der Waals surface area contributed by atoms with Crippen LogP contribution in [0.3, 0.4) is 0 Å².